The van der Waals surface area contributed by atoms with Gasteiger partial charge >= 0.3 is 0 Å². The minimum Gasteiger partial charge on any atom is -0.483 e. The van der Waals surface area contributed by atoms with Crippen molar-refractivity contribution in [3.63, 3.8) is 0 Å². The van der Waals surface area contributed by atoms with Gasteiger partial charge in [-0.3, -0.25) is 4.79 Å². The normalized spacial score (nSPS) is 13.3. The molecule has 3 rings (SSSR count). The number of aryl methyl sites for hydroxylation is 1. The standard InChI is InChI=1S/C20H23NO2/c1-21(14-16-8-3-2-4-9-16)20(22)15-23-19-13-7-11-17-10-5-6-12-18(17)19/h2-4,7-9,11,13H,5-6,10,12,14-15H2,1H3. The summed E-state index contributed by atoms with van der Waals surface area (Å²) in [5.74, 6) is 0.880. The lowest BCUT2D eigenvalue weighted by molar-refractivity contribution is -0.132. The lowest BCUT2D eigenvalue weighted by atomic mass is 9.91. The zero-order valence-corrected chi connectivity index (χ0v) is 13.6. The molecule has 2 aromatic rings. The third kappa shape index (κ3) is 3.92. The first-order chi connectivity index (χ1) is 11.2. The molecule has 1 aliphatic rings. The summed E-state index contributed by atoms with van der Waals surface area (Å²) in [6.07, 6.45) is 4.62. The lowest BCUT2D eigenvalue weighted by Gasteiger charge is -2.21. The molecule has 0 bridgehead atoms. The first-order valence-corrected chi connectivity index (χ1v) is 8.25. The average molecular weight is 309 g/mol. The largest absolute Gasteiger partial charge is 0.483 e. The molecule has 0 heterocycles. The fraction of sp³-hybridized carbons (Fsp3) is 0.350. The zero-order valence-electron chi connectivity index (χ0n) is 13.6. The number of benzene rings is 2. The Bertz CT molecular complexity index is 667. The van der Waals surface area contributed by atoms with E-state index in [0.717, 1.165) is 24.2 Å². The predicted molar refractivity (Wildman–Crippen MR) is 91.5 cm³/mol. The summed E-state index contributed by atoms with van der Waals surface area (Å²) in [5.41, 5.74) is 3.79. The molecule has 1 amide bonds. The van der Waals surface area contributed by atoms with Gasteiger partial charge in [-0.15, -0.1) is 0 Å². The van der Waals surface area contributed by atoms with E-state index in [1.54, 1.807) is 4.90 Å². The van der Waals surface area contributed by atoms with Gasteiger partial charge in [0.2, 0.25) is 0 Å². The lowest BCUT2D eigenvalue weighted by Crippen LogP contribution is -2.31. The van der Waals surface area contributed by atoms with Crippen molar-refractivity contribution in [3.05, 3.63) is 65.2 Å². The highest BCUT2D eigenvalue weighted by Crippen LogP contribution is 2.29. The van der Waals surface area contributed by atoms with Gasteiger partial charge in [-0.1, -0.05) is 42.5 Å². The van der Waals surface area contributed by atoms with E-state index < -0.39 is 0 Å². The third-order valence-electron chi connectivity index (χ3n) is 4.39. The van der Waals surface area contributed by atoms with Gasteiger partial charge in [0.25, 0.3) is 5.91 Å². The maximum atomic E-state index is 12.3. The van der Waals surface area contributed by atoms with Crippen LogP contribution in [0.4, 0.5) is 0 Å². The van der Waals surface area contributed by atoms with Gasteiger partial charge in [-0.2, -0.15) is 0 Å². The Morgan fingerprint density at radius 1 is 1.04 bits per heavy atom. The van der Waals surface area contributed by atoms with E-state index in [9.17, 15) is 4.79 Å². The van der Waals surface area contributed by atoms with Crippen molar-refractivity contribution in [1.82, 2.24) is 4.90 Å². The van der Waals surface area contributed by atoms with Gasteiger partial charge in [-0.25, -0.2) is 0 Å². The summed E-state index contributed by atoms with van der Waals surface area (Å²) in [7, 11) is 1.82. The van der Waals surface area contributed by atoms with Crippen molar-refractivity contribution in [1.29, 1.82) is 0 Å². The quantitative estimate of drug-likeness (QED) is 0.844. The number of carbonyl (C=O) groups excluding carboxylic acids is 1. The number of carbonyl (C=O) groups is 1. The first-order valence-electron chi connectivity index (χ1n) is 8.25. The molecule has 2 aromatic carbocycles. The van der Waals surface area contributed by atoms with Gasteiger partial charge in [-0.05, 0) is 48.4 Å². The Labute approximate surface area is 137 Å². The third-order valence-corrected chi connectivity index (χ3v) is 4.39. The molecule has 3 nitrogen and oxygen atoms in total. The fourth-order valence-electron chi connectivity index (χ4n) is 3.08. The molecule has 0 radical (unpaired) electrons. The van der Waals surface area contributed by atoms with Crippen molar-refractivity contribution in [3.8, 4) is 5.75 Å². The smallest absolute Gasteiger partial charge is 0.260 e. The molecule has 0 aromatic heterocycles. The molecular formula is C20H23NO2. The number of likely N-dealkylation sites (N-methyl/N-ethyl adjacent to an activating group) is 1. The fourth-order valence-corrected chi connectivity index (χ4v) is 3.08. The second-order valence-electron chi connectivity index (χ2n) is 6.13. The molecular weight excluding hydrogens is 286 g/mol. The SMILES string of the molecule is CN(Cc1ccccc1)C(=O)COc1cccc2c1CCCC2. The summed E-state index contributed by atoms with van der Waals surface area (Å²) in [6, 6.07) is 16.2. The Kier molecular flexibility index (Phi) is 4.96. The molecule has 0 saturated carbocycles. The number of hydrogen-bond donors (Lipinski definition) is 0. The second-order valence-corrected chi connectivity index (χ2v) is 6.13. The van der Waals surface area contributed by atoms with Gasteiger partial charge in [0.05, 0.1) is 0 Å². The van der Waals surface area contributed by atoms with E-state index in [2.05, 4.69) is 6.07 Å². The maximum Gasteiger partial charge on any atom is 0.260 e. The molecule has 120 valence electrons. The first kappa shape index (κ1) is 15.6. The van der Waals surface area contributed by atoms with Crippen LogP contribution in [0.3, 0.4) is 0 Å². The Balaban J connectivity index is 1.59. The van der Waals surface area contributed by atoms with Gasteiger partial charge in [0.1, 0.15) is 5.75 Å². The molecule has 3 heteroatoms. The number of amides is 1. The van der Waals surface area contributed by atoms with E-state index in [1.807, 2.05) is 49.5 Å². The van der Waals surface area contributed by atoms with Crippen LogP contribution in [0.1, 0.15) is 29.5 Å². The highest BCUT2D eigenvalue weighted by atomic mass is 16.5. The molecule has 0 unspecified atom stereocenters. The monoisotopic (exact) mass is 309 g/mol. The van der Waals surface area contributed by atoms with Crippen molar-refractivity contribution < 1.29 is 9.53 Å². The van der Waals surface area contributed by atoms with E-state index in [0.29, 0.717) is 6.54 Å². The van der Waals surface area contributed by atoms with Crippen LogP contribution in [0.5, 0.6) is 5.75 Å². The van der Waals surface area contributed by atoms with Crippen LogP contribution in [-0.2, 0) is 24.2 Å². The Morgan fingerprint density at radius 3 is 2.65 bits per heavy atom. The number of rotatable bonds is 5. The molecule has 0 fully saturated rings. The molecule has 0 N–H and O–H groups in total. The van der Waals surface area contributed by atoms with Crippen LogP contribution < -0.4 is 4.74 Å². The summed E-state index contributed by atoms with van der Waals surface area (Å²) >= 11 is 0. The van der Waals surface area contributed by atoms with Crippen LogP contribution in [0, 0.1) is 0 Å². The van der Waals surface area contributed by atoms with Gasteiger partial charge in [0, 0.05) is 13.6 Å². The Hall–Kier alpha value is -2.29. The van der Waals surface area contributed by atoms with Gasteiger partial charge < -0.3 is 9.64 Å². The van der Waals surface area contributed by atoms with Crippen molar-refractivity contribution >= 4 is 5.91 Å². The predicted octanol–water partition coefficient (Wildman–Crippen LogP) is 3.60. The van der Waals surface area contributed by atoms with Crippen LogP contribution in [-0.4, -0.2) is 24.5 Å². The highest BCUT2D eigenvalue weighted by Gasteiger charge is 2.16. The van der Waals surface area contributed by atoms with E-state index in [-0.39, 0.29) is 12.5 Å². The second kappa shape index (κ2) is 7.32. The van der Waals surface area contributed by atoms with Crippen molar-refractivity contribution in [2.24, 2.45) is 0 Å². The van der Waals surface area contributed by atoms with Crippen molar-refractivity contribution in [2.45, 2.75) is 32.2 Å². The summed E-state index contributed by atoms with van der Waals surface area (Å²) in [6.45, 7) is 0.704. The van der Waals surface area contributed by atoms with E-state index in [1.165, 1.54) is 24.0 Å². The number of hydrogen-bond acceptors (Lipinski definition) is 2. The van der Waals surface area contributed by atoms with Gasteiger partial charge in [0.15, 0.2) is 6.61 Å². The molecule has 0 atom stereocenters. The zero-order chi connectivity index (χ0) is 16.1. The number of fused-ring (bicyclic) bond motifs is 1. The van der Waals surface area contributed by atoms with E-state index >= 15 is 0 Å². The summed E-state index contributed by atoms with van der Waals surface area (Å²) < 4.78 is 5.83. The topological polar surface area (TPSA) is 29.5 Å². The Morgan fingerprint density at radius 2 is 1.83 bits per heavy atom. The molecule has 0 saturated heterocycles. The van der Waals surface area contributed by atoms with E-state index in [4.69, 9.17) is 4.74 Å². The van der Waals surface area contributed by atoms with Crippen LogP contribution in [0.15, 0.2) is 48.5 Å². The molecule has 23 heavy (non-hydrogen) atoms. The van der Waals surface area contributed by atoms with Crippen LogP contribution in [0.25, 0.3) is 0 Å². The van der Waals surface area contributed by atoms with Crippen LogP contribution in [0.2, 0.25) is 0 Å². The molecule has 0 aliphatic heterocycles. The average Bonchev–Trinajstić information content (AvgIpc) is 2.60. The number of nitrogens with zero attached hydrogens (tertiary/aromatic N) is 1. The summed E-state index contributed by atoms with van der Waals surface area (Å²) in [5, 5.41) is 0. The minimum atomic E-state index is 0.00210. The maximum absolute atomic E-state index is 12.3. The minimum absolute atomic E-state index is 0.00210. The molecule has 1 aliphatic carbocycles. The summed E-state index contributed by atoms with van der Waals surface area (Å²) in [4.78, 5) is 14.0. The molecule has 0 spiro atoms. The van der Waals surface area contributed by atoms with Crippen LogP contribution >= 0.6 is 0 Å². The number of ether oxygens (including phenoxy) is 1. The highest BCUT2D eigenvalue weighted by molar-refractivity contribution is 5.77. The van der Waals surface area contributed by atoms with Crippen molar-refractivity contribution in [2.75, 3.05) is 13.7 Å².